The van der Waals surface area contributed by atoms with Crippen LogP contribution in [0.4, 0.5) is 0 Å². The first kappa shape index (κ1) is 19.5. The van der Waals surface area contributed by atoms with Crippen LogP contribution in [0.3, 0.4) is 0 Å². The maximum atomic E-state index is 13.4. The SMILES string of the molecule is COC(=O)c1cccnc1-n1c(=O)c2cccnc2n(Cc2ccc(Cl)cc2)c1=O. The number of methoxy groups -OCH3 is 1. The van der Waals surface area contributed by atoms with Crippen LogP contribution in [0, 0.1) is 0 Å². The molecule has 0 amide bonds. The molecule has 0 aliphatic heterocycles. The number of hydrogen-bond acceptors (Lipinski definition) is 6. The predicted molar refractivity (Wildman–Crippen MR) is 111 cm³/mol. The molecule has 0 aliphatic carbocycles. The van der Waals surface area contributed by atoms with Crippen molar-refractivity contribution in [1.29, 1.82) is 0 Å². The van der Waals surface area contributed by atoms with E-state index in [-0.39, 0.29) is 29.0 Å². The Hall–Kier alpha value is -3.78. The summed E-state index contributed by atoms with van der Waals surface area (Å²) < 4.78 is 7.00. The average molecular weight is 423 g/mol. The summed E-state index contributed by atoms with van der Waals surface area (Å²) in [5.74, 6) is -0.810. The van der Waals surface area contributed by atoms with Crippen molar-refractivity contribution in [1.82, 2.24) is 19.1 Å². The summed E-state index contributed by atoms with van der Waals surface area (Å²) >= 11 is 5.95. The lowest BCUT2D eigenvalue weighted by atomic mass is 10.2. The molecule has 0 N–H and O–H groups in total. The van der Waals surface area contributed by atoms with E-state index in [1.54, 1.807) is 36.4 Å². The van der Waals surface area contributed by atoms with Gasteiger partial charge in [-0.2, -0.15) is 0 Å². The largest absolute Gasteiger partial charge is 0.465 e. The summed E-state index contributed by atoms with van der Waals surface area (Å²) in [6, 6.07) is 13.1. The Kier molecular flexibility index (Phi) is 5.16. The molecule has 3 aromatic heterocycles. The maximum absolute atomic E-state index is 13.4. The Bertz CT molecular complexity index is 1380. The van der Waals surface area contributed by atoms with Gasteiger partial charge in [0.15, 0.2) is 5.82 Å². The van der Waals surface area contributed by atoms with Gasteiger partial charge in [-0.25, -0.2) is 24.1 Å². The van der Waals surface area contributed by atoms with Crippen LogP contribution in [0.25, 0.3) is 16.9 Å². The van der Waals surface area contributed by atoms with Crippen molar-refractivity contribution in [3.63, 3.8) is 0 Å². The van der Waals surface area contributed by atoms with Crippen LogP contribution in [0.1, 0.15) is 15.9 Å². The molecule has 3 heterocycles. The van der Waals surface area contributed by atoms with E-state index >= 15 is 0 Å². The number of fused-ring (bicyclic) bond motifs is 1. The third-order valence-electron chi connectivity index (χ3n) is 4.56. The molecule has 4 rings (SSSR count). The predicted octanol–water partition coefficient (Wildman–Crippen LogP) is 2.43. The van der Waals surface area contributed by atoms with Crippen molar-refractivity contribution in [2.45, 2.75) is 6.54 Å². The van der Waals surface area contributed by atoms with Crippen molar-refractivity contribution < 1.29 is 9.53 Å². The summed E-state index contributed by atoms with van der Waals surface area (Å²) in [6.45, 7) is 0.143. The number of nitrogens with zero attached hydrogens (tertiary/aromatic N) is 4. The Balaban J connectivity index is 2.03. The molecule has 0 saturated heterocycles. The second-order valence-corrected chi connectivity index (χ2v) is 6.81. The molecule has 30 heavy (non-hydrogen) atoms. The highest BCUT2D eigenvalue weighted by Crippen LogP contribution is 2.14. The topological polar surface area (TPSA) is 96.1 Å². The van der Waals surface area contributed by atoms with Crippen molar-refractivity contribution >= 4 is 28.6 Å². The molecular weight excluding hydrogens is 408 g/mol. The van der Waals surface area contributed by atoms with Crippen molar-refractivity contribution in [2.75, 3.05) is 7.11 Å². The highest BCUT2D eigenvalue weighted by Gasteiger charge is 2.21. The molecule has 1 aromatic carbocycles. The zero-order valence-electron chi connectivity index (χ0n) is 15.8. The first-order valence-electron chi connectivity index (χ1n) is 8.90. The highest BCUT2D eigenvalue weighted by atomic mass is 35.5. The molecule has 0 saturated carbocycles. The fourth-order valence-electron chi connectivity index (χ4n) is 3.14. The van der Waals surface area contributed by atoms with Gasteiger partial charge in [0.2, 0.25) is 0 Å². The Morgan fingerprint density at radius 2 is 1.73 bits per heavy atom. The van der Waals surface area contributed by atoms with Gasteiger partial charge >= 0.3 is 11.7 Å². The second kappa shape index (κ2) is 7.92. The highest BCUT2D eigenvalue weighted by molar-refractivity contribution is 6.30. The van der Waals surface area contributed by atoms with Crippen LogP contribution in [-0.4, -0.2) is 32.2 Å². The Morgan fingerprint density at radius 1 is 1.03 bits per heavy atom. The summed E-state index contributed by atoms with van der Waals surface area (Å²) in [6.07, 6.45) is 2.90. The molecule has 0 spiro atoms. The molecule has 0 bridgehead atoms. The van der Waals surface area contributed by atoms with Gasteiger partial charge in [0.25, 0.3) is 5.56 Å². The lowest BCUT2D eigenvalue weighted by molar-refractivity contribution is 0.0600. The molecule has 0 unspecified atom stereocenters. The number of carbonyl (C=O) groups excluding carboxylic acids is 1. The van der Waals surface area contributed by atoms with Crippen LogP contribution < -0.4 is 11.2 Å². The van der Waals surface area contributed by atoms with Crippen molar-refractivity contribution in [3.05, 3.63) is 97.9 Å². The average Bonchev–Trinajstić information content (AvgIpc) is 2.78. The van der Waals surface area contributed by atoms with Crippen LogP contribution in [0.2, 0.25) is 5.02 Å². The smallest absolute Gasteiger partial charge is 0.341 e. The number of rotatable bonds is 4. The normalized spacial score (nSPS) is 10.9. The minimum atomic E-state index is -0.708. The van der Waals surface area contributed by atoms with E-state index in [1.165, 1.54) is 36.2 Å². The van der Waals surface area contributed by atoms with Gasteiger partial charge in [-0.15, -0.1) is 0 Å². The van der Waals surface area contributed by atoms with E-state index in [0.717, 1.165) is 10.1 Å². The fraction of sp³-hybridized carbons (Fsp3) is 0.0952. The van der Waals surface area contributed by atoms with Gasteiger partial charge < -0.3 is 4.74 Å². The number of carbonyl (C=O) groups is 1. The number of benzene rings is 1. The van der Waals surface area contributed by atoms with Gasteiger partial charge in [-0.1, -0.05) is 23.7 Å². The standard InChI is InChI=1S/C21H15ClN4O4/c1-30-20(28)16-5-3-11-24-18(16)26-19(27)15-4-2-10-23-17(15)25(21(26)29)12-13-6-8-14(22)9-7-13/h2-11H,12H2,1H3. The van der Waals surface area contributed by atoms with Crippen LogP contribution in [-0.2, 0) is 11.3 Å². The van der Waals surface area contributed by atoms with E-state index in [9.17, 15) is 14.4 Å². The van der Waals surface area contributed by atoms with Crippen molar-refractivity contribution in [3.8, 4) is 5.82 Å². The number of hydrogen-bond donors (Lipinski definition) is 0. The van der Waals surface area contributed by atoms with Crippen LogP contribution in [0.5, 0.6) is 0 Å². The van der Waals surface area contributed by atoms with Gasteiger partial charge in [0.05, 0.1) is 19.0 Å². The lowest BCUT2D eigenvalue weighted by Gasteiger charge is -2.14. The quantitative estimate of drug-likeness (QED) is 0.469. The van der Waals surface area contributed by atoms with E-state index in [0.29, 0.717) is 5.02 Å². The molecule has 9 heteroatoms. The number of halogens is 1. The molecule has 8 nitrogen and oxygen atoms in total. The van der Waals surface area contributed by atoms with E-state index in [4.69, 9.17) is 16.3 Å². The first-order chi connectivity index (χ1) is 14.5. The summed E-state index contributed by atoms with van der Waals surface area (Å²) in [5.41, 5.74) is -0.285. The van der Waals surface area contributed by atoms with Gasteiger partial charge in [0.1, 0.15) is 11.2 Å². The van der Waals surface area contributed by atoms with Crippen molar-refractivity contribution in [2.24, 2.45) is 0 Å². The first-order valence-corrected chi connectivity index (χ1v) is 9.28. The fourth-order valence-corrected chi connectivity index (χ4v) is 3.27. The van der Waals surface area contributed by atoms with E-state index < -0.39 is 17.2 Å². The zero-order chi connectivity index (χ0) is 21.3. The Morgan fingerprint density at radius 3 is 2.47 bits per heavy atom. The van der Waals surface area contributed by atoms with Gasteiger partial charge in [-0.05, 0) is 42.0 Å². The van der Waals surface area contributed by atoms with Crippen LogP contribution >= 0.6 is 11.6 Å². The minimum Gasteiger partial charge on any atom is -0.465 e. The summed E-state index contributed by atoms with van der Waals surface area (Å²) in [4.78, 5) is 47.1. The maximum Gasteiger partial charge on any atom is 0.341 e. The lowest BCUT2D eigenvalue weighted by Crippen LogP contribution is -2.40. The molecule has 150 valence electrons. The number of pyridine rings is 2. The number of aromatic nitrogens is 4. The summed E-state index contributed by atoms with van der Waals surface area (Å²) in [5, 5.41) is 0.780. The molecule has 0 radical (unpaired) electrons. The van der Waals surface area contributed by atoms with Gasteiger partial charge in [0, 0.05) is 17.4 Å². The number of esters is 1. The second-order valence-electron chi connectivity index (χ2n) is 6.38. The minimum absolute atomic E-state index is 0.000447. The number of ether oxygens (including phenoxy) is 1. The van der Waals surface area contributed by atoms with Crippen LogP contribution in [0.15, 0.2) is 70.5 Å². The summed E-state index contributed by atoms with van der Waals surface area (Å²) in [7, 11) is 1.21. The molecule has 0 aliphatic rings. The third kappa shape index (κ3) is 3.37. The van der Waals surface area contributed by atoms with Gasteiger partial charge in [-0.3, -0.25) is 9.36 Å². The van der Waals surface area contributed by atoms with E-state index in [1.807, 2.05) is 0 Å². The third-order valence-corrected chi connectivity index (χ3v) is 4.81. The molecule has 0 fully saturated rings. The molecule has 4 aromatic rings. The van der Waals surface area contributed by atoms with E-state index in [2.05, 4.69) is 9.97 Å². The monoisotopic (exact) mass is 422 g/mol. The zero-order valence-corrected chi connectivity index (χ0v) is 16.5. The molecule has 0 atom stereocenters. The Labute approximate surface area is 175 Å². The molecular formula is C21H15ClN4O4.